The Balaban J connectivity index is 1.55. The molecular weight excluding hydrogens is 267 g/mol. The summed E-state index contributed by atoms with van der Waals surface area (Å²) < 4.78 is 12.9. The molecule has 2 fully saturated rings. The summed E-state index contributed by atoms with van der Waals surface area (Å²) in [5.74, 6) is 1.34. The van der Waals surface area contributed by atoms with Crippen molar-refractivity contribution in [3.8, 4) is 0 Å². The fourth-order valence-electron chi connectivity index (χ4n) is 3.66. The van der Waals surface area contributed by atoms with Crippen molar-refractivity contribution in [2.24, 2.45) is 11.8 Å². The first kappa shape index (κ1) is 14.5. The second kappa shape index (κ2) is 6.56. The van der Waals surface area contributed by atoms with Crippen LogP contribution < -0.4 is 5.32 Å². The van der Waals surface area contributed by atoms with Crippen LogP contribution in [0.1, 0.15) is 36.0 Å². The third kappa shape index (κ3) is 3.43. The average Bonchev–Trinajstić information content (AvgIpc) is 2.56. The molecule has 0 bridgehead atoms. The minimum absolute atomic E-state index is 0.0405. The Labute approximate surface area is 125 Å². The Morgan fingerprint density at radius 2 is 1.57 bits per heavy atom. The number of carbonyl (C=O) groups excluding carboxylic acids is 1. The van der Waals surface area contributed by atoms with Gasteiger partial charge < -0.3 is 10.2 Å². The number of nitrogens with zero attached hydrogens (tertiary/aromatic N) is 1. The molecule has 0 aliphatic carbocycles. The molecule has 1 N–H and O–H groups in total. The van der Waals surface area contributed by atoms with Crippen LogP contribution >= 0.6 is 0 Å². The van der Waals surface area contributed by atoms with Crippen molar-refractivity contribution in [2.75, 3.05) is 26.2 Å². The van der Waals surface area contributed by atoms with Gasteiger partial charge in [-0.3, -0.25) is 4.79 Å². The van der Waals surface area contributed by atoms with Gasteiger partial charge in [-0.25, -0.2) is 4.39 Å². The number of hydrogen-bond acceptors (Lipinski definition) is 2. The zero-order valence-corrected chi connectivity index (χ0v) is 12.4. The lowest BCUT2D eigenvalue weighted by Gasteiger charge is -2.37. The molecule has 2 saturated heterocycles. The predicted molar refractivity (Wildman–Crippen MR) is 80.6 cm³/mol. The lowest BCUT2D eigenvalue weighted by atomic mass is 9.79. The molecule has 2 aliphatic heterocycles. The molecule has 114 valence electrons. The van der Waals surface area contributed by atoms with E-state index in [0.29, 0.717) is 5.56 Å². The normalized spacial score (nSPS) is 21.5. The third-order valence-electron chi connectivity index (χ3n) is 4.97. The summed E-state index contributed by atoms with van der Waals surface area (Å²) in [6, 6.07) is 5.87. The zero-order valence-electron chi connectivity index (χ0n) is 12.4. The van der Waals surface area contributed by atoms with Crippen LogP contribution in [0.2, 0.25) is 0 Å². The minimum Gasteiger partial charge on any atom is -0.339 e. The van der Waals surface area contributed by atoms with Crippen LogP contribution in [0.25, 0.3) is 0 Å². The van der Waals surface area contributed by atoms with E-state index in [1.807, 2.05) is 4.90 Å². The molecule has 0 spiro atoms. The number of rotatable bonds is 2. The maximum atomic E-state index is 12.9. The van der Waals surface area contributed by atoms with E-state index in [-0.39, 0.29) is 11.7 Å². The van der Waals surface area contributed by atoms with E-state index in [1.165, 1.54) is 25.0 Å². The van der Waals surface area contributed by atoms with Gasteiger partial charge >= 0.3 is 0 Å². The van der Waals surface area contributed by atoms with Gasteiger partial charge in [-0.2, -0.15) is 0 Å². The van der Waals surface area contributed by atoms with E-state index < -0.39 is 0 Å². The van der Waals surface area contributed by atoms with E-state index in [9.17, 15) is 9.18 Å². The highest BCUT2D eigenvalue weighted by atomic mass is 19.1. The molecular formula is C17H23FN2O. The predicted octanol–water partition coefficient (Wildman–Crippen LogP) is 2.68. The summed E-state index contributed by atoms with van der Waals surface area (Å²) in [5.41, 5.74) is 0.594. The molecule has 0 radical (unpaired) electrons. The van der Waals surface area contributed by atoms with Crippen LogP contribution in [0.4, 0.5) is 4.39 Å². The number of likely N-dealkylation sites (tertiary alicyclic amines) is 1. The van der Waals surface area contributed by atoms with Crippen LogP contribution in [0.5, 0.6) is 0 Å². The number of amides is 1. The summed E-state index contributed by atoms with van der Waals surface area (Å²) in [6.07, 6.45) is 4.77. The number of piperidine rings is 2. The second-order valence-electron chi connectivity index (χ2n) is 6.22. The Bertz CT molecular complexity index is 474. The van der Waals surface area contributed by atoms with Gasteiger partial charge in [-0.15, -0.1) is 0 Å². The molecule has 2 heterocycles. The smallest absolute Gasteiger partial charge is 0.253 e. The van der Waals surface area contributed by atoms with Crippen molar-refractivity contribution in [3.63, 3.8) is 0 Å². The molecule has 0 saturated carbocycles. The largest absolute Gasteiger partial charge is 0.339 e. The number of carbonyl (C=O) groups is 1. The van der Waals surface area contributed by atoms with Gasteiger partial charge in [0.15, 0.2) is 0 Å². The minimum atomic E-state index is -0.295. The van der Waals surface area contributed by atoms with Crippen molar-refractivity contribution in [1.82, 2.24) is 10.2 Å². The number of halogens is 1. The zero-order chi connectivity index (χ0) is 14.7. The number of hydrogen-bond donors (Lipinski definition) is 1. The fourth-order valence-corrected chi connectivity index (χ4v) is 3.66. The van der Waals surface area contributed by atoms with E-state index in [4.69, 9.17) is 0 Å². The summed E-state index contributed by atoms with van der Waals surface area (Å²) in [7, 11) is 0. The van der Waals surface area contributed by atoms with Crippen LogP contribution in [-0.4, -0.2) is 37.0 Å². The summed E-state index contributed by atoms with van der Waals surface area (Å²) >= 11 is 0. The van der Waals surface area contributed by atoms with E-state index in [0.717, 1.165) is 50.9 Å². The first-order valence-corrected chi connectivity index (χ1v) is 7.99. The first-order chi connectivity index (χ1) is 10.2. The average molecular weight is 290 g/mol. The topological polar surface area (TPSA) is 32.3 Å². The van der Waals surface area contributed by atoms with Crippen molar-refractivity contribution in [3.05, 3.63) is 35.6 Å². The highest BCUT2D eigenvalue weighted by Gasteiger charge is 2.29. The fraction of sp³-hybridized carbons (Fsp3) is 0.588. The Morgan fingerprint density at radius 3 is 2.19 bits per heavy atom. The van der Waals surface area contributed by atoms with Crippen LogP contribution in [-0.2, 0) is 0 Å². The summed E-state index contributed by atoms with van der Waals surface area (Å²) in [4.78, 5) is 14.3. The molecule has 3 rings (SSSR count). The van der Waals surface area contributed by atoms with Gasteiger partial charge in [0.05, 0.1) is 0 Å². The monoisotopic (exact) mass is 290 g/mol. The van der Waals surface area contributed by atoms with Gasteiger partial charge in [0.25, 0.3) is 5.91 Å². The Kier molecular flexibility index (Phi) is 4.54. The maximum Gasteiger partial charge on any atom is 0.253 e. The maximum absolute atomic E-state index is 12.9. The van der Waals surface area contributed by atoms with Crippen molar-refractivity contribution in [1.29, 1.82) is 0 Å². The van der Waals surface area contributed by atoms with E-state index in [2.05, 4.69) is 5.32 Å². The van der Waals surface area contributed by atoms with Gasteiger partial charge in [0.1, 0.15) is 5.82 Å². The Morgan fingerprint density at radius 1 is 1.00 bits per heavy atom. The van der Waals surface area contributed by atoms with Gasteiger partial charge in [0, 0.05) is 18.7 Å². The molecule has 3 nitrogen and oxygen atoms in total. The molecule has 0 atom stereocenters. The molecule has 21 heavy (non-hydrogen) atoms. The third-order valence-corrected chi connectivity index (χ3v) is 4.97. The van der Waals surface area contributed by atoms with E-state index >= 15 is 0 Å². The van der Waals surface area contributed by atoms with Gasteiger partial charge in [0.2, 0.25) is 0 Å². The summed E-state index contributed by atoms with van der Waals surface area (Å²) in [6.45, 7) is 3.95. The van der Waals surface area contributed by atoms with Crippen LogP contribution in [0.3, 0.4) is 0 Å². The van der Waals surface area contributed by atoms with Crippen LogP contribution in [0.15, 0.2) is 24.3 Å². The van der Waals surface area contributed by atoms with Crippen LogP contribution in [0, 0.1) is 17.7 Å². The summed E-state index contributed by atoms with van der Waals surface area (Å²) in [5, 5.41) is 3.41. The number of nitrogens with one attached hydrogen (secondary N) is 1. The Hall–Kier alpha value is -1.42. The van der Waals surface area contributed by atoms with Crippen molar-refractivity contribution < 1.29 is 9.18 Å². The molecule has 1 aromatic rings. The molecule has 4 heteroatoms. The molecule has 1 aromatic carbocycles. The lowest BCUT2D eigenvalue weighted by Crippen LogP contribution is -2.42. The van der Waals surface area contributed by atoms with Gasteiger partial charge in [-0.05, 0) is 74.9 Å². The number of benzene rings is 1. The van der Waals surface area contributed by atoms with Gasteiger partial charge in [-0.1, -0.05) is 0 Å². The highest BCUT2D eigenvalue weighted by molar-refractivity contribution is 5.94. The SMILES string of the molecule is O=C(c1ccc(F)cc1)N1CCC(C2CCNCC2)CC1. The second-order valence-corrected chi connectivity index (χ2v) is 6.22. The lowest BCUT2D eigenvalue weighted by molar-refractivity contribution is 0.0642. The van der Waals surface area contributed by atoms with E-state index in [1.54, 1.807) is 12.1 Å². The quantitative estimate of drug-likeness (QED) is 0.908. The molecule has 0 unspecified atom stereocenters. The molecule has 1 amide bonds. The highest BCUT2D eigenvalue weighted by Crippen LogP contribution is 2.31. The molecule has 2 aliphatic rings. The first-order valence-electron chi connectivity index (χ1n) is 7.99. The van der Waals surface area contributed by atoms with Crippen molar-refractivity contribution >= 4 is 5.91 Å². The molecule has 0 aromatic heterocycles. The standard InChI is InChI=1S/C17H23FN2O/c18-16-3-1-15(2-4-16)17(21)20-11-7-14(8-12-20)13-5-9-19-10-6-13/h1-4,13-14,19H,5-12H2. The van der Waals surface area contributed by atoms with Crippen molar-refractivity contribution in [2.45, 2.75) is 25.7 Å².